The third-order valence-electron chi connectivity index (χ3n) is 5.52. The van der Waals surface area contributed by atoms with Gasteiger partial charge in [0, 0.05) is 31.0 Å². The molecule has 1 atom stereocenters. The van der Waals surface area contributed by atoms with Crippen molar-refractivity contribution in [2.24, 2.45) is 0 Å². The fourth-order valence-corrected chi connectivity index (χ4v) is 3.81. The molecule has 29 heavy (non-hydrogen) atoms. The molecule has 2 aliphatic heterocycles. The number of hydrogen-bond donors (Lipinski definition) is 2. The van der Waals surface area contributed by atoms with Crippen LogP contribution in [-0.4, -0.2) is 31.8 Å². The first-order valence-corrected chi connectivity index (χ1v) is 10.5. The molecular formula is C23H29N3O3. The highest BCUT2D eigenvalue weighted by Gasteiger charge is 2.16. The molecular weight excluding hydrogens is 366 g/mol. The Morgan fingerprint density at radius 1 is 1.00 bits per heavy atom. The summed E-state index contributed by atoms with van der Waals surface area (Å²) in [6.45, 7) is 4.84. The average Bonchev–Trinajstić information content (AvgIpc) is 3.04. The smallest absolute Gasteiger partial charge is 0.242 e. The minimum atomic E-state index is -0.326. The van der Waals surface area contributed by atoms with Crippen molar-refractivity contribution >= 4 is 17.3 Å². The van der Waals surface area contributed by atoms with Gasteiger partial charge in [0.1, 0.15) is 6.04 Å². The summed E-state index contributed by atoms with van der Waals surface area (Å²) in [5, 5.41) is 6.26. The highest BCUT2D eigenvalue weighted by molar-refractivity contribution is 5.84. The van der Waals surface area contributed by atoms with Crippen molar-refractivity contribution in [3.63, 3.8) is 0 Å². The van der Waals surface area contributed by atoms with Gasteiger partial charge in [0.25, 0.3) is 0 Å². The highest BCUT2D eigenvalue weighted by atomic mass is 16.7. The molecule has 154 valence electrons. The zero-order chi connectivity index (χ0) is 20.1. The summed E-state index contributed by atoms with van der Waals surface area (Å²) in [4.78, 5) is 14.9. The molecule has 1 fully saturated rings. The molecule has 0 aromatic heterocycles. The first kappa shape index (κ1) is 19.4. The van der Waals surface area contributed by atoms with E-state index in [4.69, 9.17) is 9.47 Å². The van der Waals surface area contributed by atoms with E-state index in [9.17, 15) is 4.79 Å². The van der Waals surface area contributed by atoms with Gasteiger partial charge < -0.3 is 25.0 Å². The Bertz CT molecular complexity index is 830. The minimum Gasteiger partial charge on any atom is -0.454 e. The zero-order valence-electron chi connectivity index (χ0n) is 16.9. The van der Waals surface area contributed by atoms with E-state index in [0.29, 0.717) is 6.54 Å². The molecule has 1 amide bonds. The molecule has 2 aliphatic rings. The maximum Gasteiger partial charge on any atom is 0.242 e. The van der Waals surface area contributed by atoms with Gasteiger partial charge in [-0.3, -0.25) is 4.79 Å². The number of nitrogens with zero attached hydrogens (tertiary/aromatic N) is 1. The lowest BCUT2D eigenvalue weighted by Crippen LogP contribution is -2.37. The van der Waals surface area contributed by atoms with Gasteiger partial charge in [0.15, 0.2) is 11.5 Å². The van der Waals surface area contributed by atoms with E-state index >= 15 is 0 Å². The van der Waals surface area contributed by atoms with Crippen molar-refractivity contribution in [1.82, 2.24) is 5.32 Å². The normalized spacial score (nSPS) is 16.8. The van der Waals surface area contributed by atoms with Crippen LogP contribution in [0.5, 0.6) is 11.5 Å². The number of hydrogen-bond acceptors (Lipinski definition) is 5. The molecule has 0 aliphatic carbocycles. The molecule has 2 aromatic rings. The van der Waals surface area contributed by atoms with E-state index in [1.807, 2.05) is 25.1 Å². The van der Waals surface area contributed by atoms with Gasteiger partial charge in [-0.15, -0.1) is 0 Å². The Labute approximate surface area is 172 Å². The second-order valence-electron chi connectivity index (χ2n) is 7.72. The quantitative estimate of drug-likeness (QED) is 0.776. The molecule has 0 spiro atoms. The Morgan fingerprint density at radius 2 is 1.72 bits per heavy atom. The van der Waals surface area contributed by atoms with Crippen molar-refractivity contribution in [2.75, 3.05) is 30.1 Å². The molecule has 0 saturated carbocycles. The number of fused-ring (bicyclic) bond motifs is 1. The summed E-state index contributed by atoms with van der Waals surface area (Å²) in [6.07, 6.45) is 5.19. The summed E-state index contributed by atoms with van der Waals surface area (Å²) in [7, 11) is 0. The fourth-order valence-electron chi connectivity index (χ4n) is 3.81. The van der Waals surface area contributed by atoms with Crippen LogP contribution in [0.2, 0.25) is 0 Å². The van der Waals surface area contributed by atoms with Crippen LogP contribution in [0.3, 0.4) is 0 Å². The van der Waals surface area contributed by atoms with E-state index in [1.54, 1.807) is 0 Å². The highest BCUT2D eigenvalue weighted by Crippen LogP contribution is 2.32. The van der Waals surface area contributed by atoms with Crippen molar-refractivity contribution in [3.8, 4) is 11.5 Å². The lowest BCUT2D eigenvalue weighted by Gasteiger charge is -2.23. The largest absolute Gasteiger partial charge is 0.454 e. The van der Waals surface area contributed by atoms with Crippen LogP contribution >= 0.6 is 0 Å². The molecule has 4 rings (SSSR count). The van der Waals surface area contributed by atoms with Gasteiger partial charge in [-0.05, 0) is 61.7 Å². The fraction of sp³-hybridized carbons (Fsp3) is 0.435. The number of carbonyl (C=O) groups excluding carboxylic acids is 1. The molecule has 1 saturated heterocycles. The molecule has 2 aromatic carbocycles. The molecule has 0 bridgehead atoms. The van der Waals surface area contributed by atoms with Crippen molar-refractivity contribution < 1.29 is 14.3 Å². The van der Waals surface area contributed by atoms with Gasteiger partial charge in [-0.25, -0.2) is 0 Å². The van der Waals surface area contributed by atoms with Crippen molar-refractivity contribution in [1.29, 1.82) is 0 Å². The maximum atomic E-state index is 12.5. The minimum absolute atomic E-state index is 0.0424. The predicted molar refractivity (Wildman–Crippen MR) is 115 cm³/mol. The van der Waals surface area contributed by atoms with Gasteiger partial charge in [-0.1, -0.05) is 18.9 Å². The van der Waals surface area contributed by atoms with E-state index < -0.39 is 0 Å². The van der Waals surface area contributed by atoms with Crippen LogP contribution in [0.15, 0.2) is 42.5 Å². The Morgan fingerprint density at radius 3 is 2.48 bits per heavy atom. The molecule has 6 nitrogen and oxygen atoms in total. The summed E-state index contributed by atoms with van der Waals surface area (Å²) in [5.74, 6) is 1.44. The Kier molecular flexibility index (Phi) is 6.08. The maximum absolute atomic E-state index is 12.5. The predicted octanol–water partition coefficient (Wildman–Crippen LogP) is 3.91. The Balaban J connectivity index is 1.28. The van der Waals surface area contributed by atoms with E-state index in [-0.39, 0.29) is 18.7 Å². The summed E-state index contributed by atoms with van der Waals surface area (Å²) >= 11 is 0. The average molecular weight is 396 g/mol. The van der Waals surface area contributed by atoms with Gasteiger partial charge in [0.05, 0.1) is 0 Å². The Hall–Kier alpha value is -2.89. The molecule has 6 heteroatoms. The number of nitrogens with one attached hydrogen (secondary N) is 2. The standard InChI is InChI=1S/C23H29N3O3/c1-17(23(27)24-15-18-6-11-21-22(14-18)29-16-28-21)25-19-7-9-20(10-8-19)26-12-4-2-3-5-13-26/h6-11,14,17,25H,2-5,12-13,15-16H2,1H3,(H,24,27)/t17-/m1/s1. The zero-order valence-corrected chi connectivity index (χ0v) is 16.9. The first-order chi connectivity index (χ1) is 14.2. The van der Waals surface area contributed by atoms with Gasteiger partial charge >= 0.3 is 0 Å². The number of benzene rings is 2. The van der Waals surface area contributed by atoms with Crippen LogP contribution in [0.1, 0.15) is 38.2 Å². The van der Waals surface area contributed by atoms with E-state index in [1.165, 1.54) is 31.4 Å². The van der Waals surface area contributed by atoms with Crippen LogP contribution < -0.4 is 25.0 Å². The van der Waals surface area contributed by atoms with Crippen LogP contribution in [0.4, 0.5) is 11.4 Å². The molecule has 2 N–H and O–H groups in total. The topological polar surface area (TPSA) is 62.8 Å². The molecule has 0 unspecified atom stereocenters. The van der Waals surface area contributed by atoms with Crippen LogP contribution in [0, 0.1) is 0 Å². The molecule has 2 heterocycles. The lowest BCUT2D eigenvalue weighted by molar-refractivity contribution is -0.121. The number of rotatable bonds is 6. The summed E-state index contributed by atoms with van der Waals surface area (Å²) in [6, 6.07) is 13.8. The number of amides is 1. The van der Waals surface area contributed by atoms with Crippen molar-refractivity contribution in [2.45, 2.75) is 45.2 Å². The SMILES string of the molecule is C[C@@H](Nc1ccc(N2CCCCCC2)cc1)C(=O)NCc1ccc2c(c1)OCO2. The summed E-state index contributed by atoms with van der Waals surface area (Å²) in [5.41, 5.74) is 3.20. The van der Waals surface area contributed by atoms with Crippen LogP contribution in [0.25, 0.3) is 0 Å². The first-order valence-electron chi connectivity index (χ1n) is 10.5. The van der Waals surface area contributed by atoms with E-state index in [0.717, 1.165) is 35.8 Å². The van der Waals surface area contributed by atoms with Crippen LogP contribution in [-0.2, 0) is 11.3 Å². The monoisotopic (exact) mass is 395 g/mol. The lowest BCUT2D eigenvalue weighted by atomic mass is 10.2. The van der Waals surface area contributed by atoms with Crippen molar-refractivity contribution in [3.05, 3.63) is 48.0 Å². The third-order valence-corrected chi connectivity index (χ3v) is 5.52. The molecule has 0 radical (unpaired) electrons. The number of ether oxygens (including phenoxy) is 2. The summed E-state index contributed by atoms with van der Waals surface area (Å²) < 4.78 is 10.7. The second kappa shape index (κ2) is 9.07. The number of carbonyl (C=O) groups is 1. The van der Waals surface area contributed by atoms with E-state index in [2.05, 4.69) is 39.8 Å². The number of anilines is 2. The third kappa shape index (κ3) is 4.94. The second-order valence-corrected chi connectivity index (χ2v) is 7.72. The van der Waals surface area contributed by atoms with Gasteiger partial charge in [0.2, 0.25) is 12.7 Å². The van der Waals surface area contributed by atoms with Gasteiger partial charge in [-0.2, -0.15) is 0 Å².